The Labute approximate surface area is 376 Å². The van der Waals surface area contributed by atoms with Gasteiger partial charge in [0.15, 0.2) is 11.5 Å². The molecule has 2 N–H and O–H groups in total. The molecule has 4 aliphatic rings. The lowest BCUT2D eigenvalue weighted by Crippen LogP contribution is -2.70. The largest absolute Gasteiger partial charge is 0.459 e. The number of aliphatic hydroxyl groups excluding tert-OH is 2. The molecule has 4 aromatic rings. The number of nitrogens with zero attached hydrogens (tertiary/aromatic N) is 2. The summed E-state index contributed by atoms with van der Waals surface area (Å²) in [4.78, 5) is 22.1. The van der Waals surface area contributed by atoms with Crippen LogP contribution in [-0.2, 0) is 20.9 Å². The number of hydrogen-bond acceptors (Lipinski definition) is 11. The summed E-state index contributed by atoms with van der Waals surface area (Å²) in [6.07, 6.45) is 8.36. The molecule has 2 heterocycles. The smallest absolute Gasteiger partial charge is 0.410 e. The molecule has 338 valence electrons. The number of allylic oxidation sites excluding steroid dienone is 1. The number of ether oxygens (including phenoxy) is 6. The van der Waals surface area contributed by atoms with Crippen molar-refractivity contribution in [3.05, 3.63) is 126 Å². The summed E-state index contributed by atoms with van der Waals surface area (Å²) in [6.45, 7) is 8.85. The maximum absolute atomic E-state index is 14.5. The molecule has 6 atom stereocenters. The number of fused-ring (bicyclic) bond motifs is 3. The number of aliphatic hydroxyl groups is 2. The van der Waals surface area contributed by atoms with Gasteiger partial charge in [0.05, 0.1) is 24.8 Å². The van der Waals surface area contributed by atoms with Crippen LogP contribution >= 0.6 is 0 Å². The molecule has 0 saturated heterocycles. The summed E-state index contributed by atoms with van der Waals surface area (Å²) in [5.41, 5.74) is 5.64. The molecule has 4 aromatic carbocycles. The number of hydrogen-bond donors (Lipinski definition) is 2. The van der Waals surface area contributed by atoms with Gasteiger partial charge in [-0.05, 0) is 116 Å². The van der Waals surface area contributed by atoms with Gasteiger partial charge in [0.2, 0.25) is 12.6 Å². The van der Waals surface area contributed by atoms with E-state index in [1.807, 2.05) is 67.6 Å². The Bertz CT molecular complexity index is 2280. The van der Waals surface area contributed by atoms with Gasteiger partial charge >= 0.3 is 6.09 Å². The number of carbonyl (C=O) groups is 1. The lowest BCUT2D eigenvalue weighted by Gasteiger charge is -2.59. The van der Waals surface area contributed by atoms with Gasteiger partial charge in [0, 0.05) is 37.7 Å². The number of amides is 1. The Morgan fingerprint density at radius 2 is 1.59 bits per heavy atom. The molecule has 0 unspecified atom stereocenters. The van der Waals surface area contributed by atoms with Crippen LogP contribution in [0.15, 0.2) is 120 Å². The maximum atomic E-state index is 14.5. The molecule has 0 bridgehead atoms. The fourth-order valence-corrected chi connectivity index (χ4v) is 10.1. The molecular formula is C52H60N2O10. The standard InChI is InChI=1S/C52H60N2O10/c1-4-28-61-52-48(54(51(57)58-5-2)33-35-18-24-46-47(29-35)60-34-59-46)32-44(53-62-6-3)42-30-38(16-10-12-26-55)41(17-11-13-27-56)49(50(42)52)43-31-40(23-25-45(43)64-52)63-39-21-19-37(20-22-39)36-14-8-7-9-15-36/h4,7-9,14-15,18-25,29-31,38,41,48-50,55-56H,1,5-6,10-13,16-17,26-28,32-34H2,2-3H3/t38-,41+,48-,49+,50+,52+/m0/s1. The zero-order chi connectivity index (χ0) is 44.5. The van der Waals surface area contributed by atoms with Gasteiger partial charge in [-0.15, -0.1) is 6.58 Å². The van der Waals surface area contributed by atoms with Crippen LogP contribution in [0.2, 0.25) is 0 Å². The average molecular weight is 873 g/mol. The lowest BCUT2D eigenvalue weighted by molar-refractivity contribution is -0.256. The summed E-state index contributed by atoms with van der Waals surface area (Å²) >= 11 is 0. The van der Waals surface area contributed by atoms with Gasteiger partial charge in [-0.3, -0.25) is 4.90 Å². The minimum absolute atomic E-state index is 0.0470. The van der Waals surface area contributed by atoms with Crippen molar-refractivity contribution in [2.45, 2.75) is 83.1 Å². The van der Waals surface area contributed by atoms with Crippen molar-refractivity contribution in [2.75, 3.05) is 39.8 Å². The van der Waals surface area contributed by atoms with Crippen LogP contribution in [-0.4, -0.2) is 78.6 Å². The highest BCUT2D eigenvalue weighted by Gasteiger charge is 2.65. The first-order chi connectivity index (χ1) is 31.4. The third kappa shape index (κ3) is 9.36. The molecule has 64 heavy (non-hydrogen) atoms. The van der Waals surface area contributed by atoms with Gasteiger partial charge in [-0.1, -0.05) is 78.7 Å². The van der Waals surface area contributed by atoms with Crippen molar-refractivity contribution in [3.8, 4) is 39.9 Å². The van der Waals surface area contributed by atoms with Crippen molar-refractivity contribution in [3.63, 3.8) is 0 Å². The first-order valence-corrected chi connectivity index (χ1v) is 22.8. The third-order valence-electron chi connectivity index (χ3n) is 12.8. The van der Waals surface area contributed by atoms with Crippen LogP contribution < -0.4 is 18.9 Å². The van der Waals surface area contributed by atoms with Crippen LogP contribution in [0.4, 0.5) is 4.79 Å². The van der Waals surface area contributed by atoms with Crippen LogP contribution in [0.25, 0.3) is 11.1 Å². The molecular weight excluding hydrogens is 813 g/mol. The van der Waals surface area contributed by atoms with Crippen molar-refractivity contribution in [1.82, 2.24) is 4.90 Å². The van der Waals surface area contributed by atoms with Gasteiger partial charge in [-0.2, -0.15) is 0 Å². The van der Waals surface area contributed by atoms with Crippen molar-refractivity contribution in [1.29, 1.82) is 0 Å². The fourth-order valence-electron chi connectivity index (χ4n) is 10.1. The summed E-state index contributed by atoms with van der Waals surface area (Å²) in [7, 11) is 0. The molecule has 2 aliphatic heterocycles. The quantitative estimate of drug-likeness (QED) is 0.0502. The van der Waals surface area contributed by atoms with E-state index >= 15 is 0 Å². The van der Waals surface area contributed by atoms with E-state index in [0.717, 1.165) is 53.5 Å². The Balaban J connectivity index is 1.29. The zero-order valence-electron chi connectivity index (χ0n) is 36.9. The van der Waals surface area contributed by atoms with E-state index in [2.05, 4.69) is 43.0 Å². The van der Waals surface area contributed by atoms with E-state index < -0.39 is 23.8 Å². The van der Waals surface area contributed by atoms with Crippen molar-refractivity contribution >= 4 is 11.8 Å². The molecule has 1 fully saturated rings. The number of benzene rings is 4. The number of carbonyl (C=O) groups excluding carboxylic acids is 1. The first-order valence-electron chi connectivity index (χ1n) is 22.8. The summed E-state index contributed by atoms with van der Waals surface area (Å²) in [6, 6.07) is 29.2. The van der Waals surface area contributed by atoms with Crippen LogP contribution in [0.1, 0.15) is 75.8 Å². The van der Waals surface area contributed by atoms with E-state index in [0.29, 0.717) is 53.9 Å². The predicted molar refractivity (Wildman–Crippen MR) is 244 cm³/mol. The molecule has 12 nitrogen and oxygen atoms in total. The molecule has 1 saturated carbocycles. The SMILES string of the molecule is C=CCO[C@@]12Oc3ccc(Oc4ccc(-c5ccccc5)cc4)cc3[C@H]3[C@H](CCCCO)[C@@H](CCCCO)C=C(C(=NOCC)C[C@@H]1N(Cc1ccc4c(c1)OCO4)C(=O)OCC)[C@H]32. The highest BCUT2D eigenvalue weighted by molar-refractivity contribution is 6.03. The normalized spacial score (nSPS) is 23.3. The Morgan fingerprint density at radius 1 is 0.859 bits per heavy atom. The van der Waals surface area contributed by atoms with E-state index in [1.165, 1.54) is 0 Å². The molecule has 0 radical (unpaired) electrons. The Kier molecular flexibility index (Phi) is 14.5. The minimum atomic E-state index is -1.45. The summed E-state index contributed by atoms with van der Waals surface area (Å²) in [5, 5.41) is 24.7. The second-order valence-electron chi connectivity index (χ2n) is 16.7. The van der Waals surface area contributed by atoms with Gasteiger partial charge in [0.25, 0.3) is 0 Å². The van der Waals surface area contributed by atoms with E-state index in [4.69, 9.17) is 38.4 Å². The van der Waals surface area contributed by atoms with Crippen LogP contribution in [0.5, 0.6) is 28.7 Å². The fraction of sp³-hybridized carbons (Fsp3) is 0.423. The second-order valence-corrected chi connectivity index (χ2v) is 16.7. The number of rotatable bonds is 20. The number of unbranched alkanes of at least 4 members (excludes halogenated alkanes) is 2. The molecule has 2 aliphatic carbocycles. The highest BCUT2D eigenvalue weighted by atomic mass is 16.7. The van der Waals surface area contributed by atoms with E-state index in [-0.39, 0.29) is 63.9 Å². The lowest BCUT2D eigenvalue weighted by atomic mass is 9.55. The van der Waals surface area contributed by atoms with Crippen molar-refractivity contribution < 1.29 is 48.3 Å². The molecule has 0 spiro atoms. The summed E-state index contributed by atoms with van der Waals surface area (Å²) in [5.74, 6) is 1.19. The zero-order valence-corrected chi connectivity index (χ0v) is 36.9. The number of oxime groups is 1. The second kappa shape index (κ2) is 20.8. The topological polar surface area (TPSA) is 138 Å². The monoisotopic (exact) mass is 872 g/mol. The van der Waals surface area contributed by atoms with Gasteiger partial charge < -0.3 is 43.5 Å². The first kappa shape index (κ1) is 44.8. The Morgan fingerprint density at radius 3 is 2.34 bits per heavy atom. The maximum Gasteiger partial charge on any atom is 0.410 e. The van der Waals surface area contributed by atoms with Gasteiger partial charge in [0.1, 0.15) is 29.9 Å². The predicted octanol–water partition coefficient (Wildman–Crippen LogP) is 10.2. The molecule has 12 heteroatoms. The molecule has 1 amide bonds. The van der Waals surface area contributed by atoms with E-state index in [1.54, 1.807) is 17.9 Å². The molecule has 0 aromatic heterocycles. The minimum Gasteiger partial charge on any atom is -0.459 e. The van der Waals surface area contributed by atoms with Gasteiger partial charge in [-0.25, -0.2) is 4.79 Å². The summed E-state index contributed by atoms with van der Waals surface area (Å²) < 4.78 is 38.3. The molecule has 8 rings (SSSR count). The Hall–Kier alpha value is -5.82. The average Bonchev–Trinajstić information content (AvgIpc) is 3.79. The van der Waals surface area contributed by atoms with Crippen LogP contribution in [0, 0.1) is 17.8 Å². The third-order valence-corrected chi connectivity index (χ3v) is 12.8. The highest BCUT2D eigenvalue weighted by Crippen LogP contribution is 2.62. The van der Waals surface area contributed by atoms with Crippen LogP contribution in [0.3, 0.4) is 0 Å². The van der Waals surface area contributed by atoms with Crippen molar-refractivity contribution in [2.24, 2.45) is 22.9 Å². The van der Waals surface area contributed by atoms with E-state index in [9.17, 15) is 15.0 Å².